The number of likely N-dealkylation sites (tertiary alicyclic amines) is 1. The van der Waals surface area contributed by atoms with Crippen LogP contribution in [0.3, 0.4) is 0 Å². The van der Waals surface area contributed by atoms with Crippen molar-refractivity contribution in [3.63, 3.8) is 0 Å². The number of rotatable bonds is 4. The molecule has 0 radical (unpaired) electrons. The van der Waals surface area contributed by atoms with Gasteiger partial charge in [-0.15, -0.1) is 0 Å². The molecule has 0 amide bonds. The van der Waals surface area contributed by atoms with Crippen LogP contribution in [0.5, 0.6) is 5.75 Å². The SMILES string of the molecule is COC(=O)C(c1cc(F)ccc1OC)N1CCCC1. The minimum absolute atomic E-state index is 0.384. The summed E-state index contributed by atoms with van der Waals surface area (Å²) in [6, 6.07) is 3.61. The molecule has 1 heterocycles. The summed E-state index contributed by atoms with van der Waals surface area (Å²) in [5, 5.41) is 0. The van der Waals surface area contributed by atoms with E-state index in [2.05, 4.69) is 0 Å². The van der Waals surface area contributed by atoms with Crippen molar-refractivity contribution in [1.82, 2.24) is 4.90 Å². The van der Waals surface area contributed by atoms with E-state index in [-0.39, 0.29) is 11.8 Å². The summed E-state index contributed by atoms with van der Waals surface area (Å²) in [5.74, 6) is -0.265. The zero-order valence-electron chi connectivity index (χ0n) is 11.2. The Balaban J connectivity index is 2.41. The van der Waals surface area contributed by atoms with Gasteiger partial charge in [-0.3, -0.25) is 4.90 Å². The molecule has 0 bridgehead atoms. The van der Waals surface area contributed by atoms with Crippen molar-refractivity contribution in [2.75, 3.05) is 27.3 Å². The number of carbonyl (C=O) groups excluding carboxylic acids is 1. The molecule has 2 rings (SSSR count). The fraction of sp³-hybridized carbons (Fsp3) is 0.500. The lowest BCUT2D eigenvalue weighted by molar-refractivity contribution is -0.147. The second kappa shape index (κ2) is 6.02. The smallest absolute Gasteiger partial charge is 0.327 e. The maximum absolute atomic E-state index is 13.5. The van der Waals surface area contributed by atoms with Crippen molar-refractivity contribution in [3.05, 3.63) is 29.6 Å². The molecule has 19 heavy (non-hydrogen) atoms. The topological polar surface area (TPSA) is 38.8 Å². The Bertz CT molecular complexity index is 458. The Labute approximate surface area is 112 Å². The lowest BCUT2D eigenvalue weighted by atomic mass is 10.0. The molecule has 1 aliphatic heterocycles. The first-order chi connectivity index (χ1) is 9.17. The van der Waals surface area contributed by atoms with Gasteiger partial charge in [0, 0.05) is 5.56 Å². The third-order valence-electron chi connectivity index (χ3n) is 3.42. The number of carbonyl (C=O) groups is 1. The normalized spacial score (nSPS) is 17.2. The molecule has 0 spiro atoms. The molecular formula is C14H18FNO3. The first-order valence-corrected chi connectivity index (χ1v) is 6.32. The highest BCUT2D eigenvalue weighted by Gasteiger charge is 2.33. The minimum atomic E-state index is -0.599. The van der Waals surface area contributed by atoms with E-state index >= 15 is 0 Å². The van der Waals surface area contributed by atoms with Crippen LogP contribution in [0.4, 0.5) is 4.39 Å². The predicted molar refractivity (Wildman–Crippen MR) is 68.5 cm³/mol. The van der Waals surface area contributed by atoms with Crippen LogP contribution in [0.1, 0.15) is 24.4 Å². The Morgan fingerprint density at radius 1 is 1.32 bits per heavy atom. The Morgan fingerprint density at radius 2 is 2.00 bits per heavy atom. The van der Waals surface area contributed by atoms with Gasteiger partial charge in [0.25, 0.3) is 0 Å². The highest BCUT2D eigenvalue weighted by Crippen LogP contribution is 2.33. The first kappa shape index (κ1) is 13.8. The Hall–Kier alpha value is -1.62. The van der Waals surface area contributed by atoms with Crippen molar-refractivity contribution in [2.24, 2.45) is 0 Å². The van der Waals surface area contributed by atoms with Crippen LogP contribution in [-0.4, -0.2) is 38.2 Å². The van der Waals surface area contributed by atoms with Gasteiger partial charge in [0.1, 0.15) is 17.6 Å². The third-order valence-corrected chi connectivity index (χ3v) is 3.42. The fourth-order valence-electron chi connectivity index (χ4n) is 2.50. The largest absolute Gasteiger partial charge is 0.496 e. The standard InChI is InChI=1S/C14H18FNO3/c1-18-12-6-5-10(15)9-11(12)13(14(17)19-2)16-7-3-4-8-16/h5-6,9,13H,3-4,7-8H2,1-2H3. The molecule has 1 aromatic carbocycles. The molecule has 0 aliphatic carbocycles. The number of halogens is 1. The van der Waals surface area contributed by atoms with E-state index < -0.39 is 6.04 Å². The zero-order valence-corrected chi connectivity index (χ0v) is 11.2. The van der Waals surface area contributed by atoms with Crippen LogP contribution < -0.4 is 4.74 Å². The number of nitrogens with zero attached hydrogens (tertiary/aromatic N) is 1. The predicted octanol–water partition coefficient (Wildman–Crippen LogP) is 2.14. The Kier molecular flexibility index (Phi) is 4.37. The molecule has 5 heteroatoms. The minimum Gasteiger partial charge on any atom is -0.496 e. The summed E-state index contributed by atoms with van der Waals surface area (Å²) in [5.41, 5.74) is 0.524. The number of hydrogen-bond acceptors (Lipinski definition) is 4. The zero-order chi connectivity index (χ0) is 13.8. The summed E-state index contributed by atoms with van der Waals surface area (Å²) in [6.07, 6.45) is 2.07. The van der Waals surface area contributed by atoms with Crippen molar-refractivity contribution in [3.8, 4) is 5.75 Å². The first-order valence-electron chi connectivity index (χ1n) is 6.32. The quantitative estimate of drug-likeness (QED) is 0.783. The average Bonchev–Trinajstić information content (AvgIpc) is 2.93. The number of esters is 1. The van der Waals surface area contributed by atoms with Crippen molar-refractivity contribution < 1.29 is 18.7 Å². The maximum Gasteiger partial charge on any atom is 0.327 e. The van der Waals surface area contributed by atoms with Crippen LogP contribution in [0.25, 0.3) is 0 Å². The van der Waals surface area contributed by atoms with Gasteiger partial charge in [0.15, 0.2) is 0 Å². The van der Waals surface area contributed by atoms with Gasteiger partial charge in [-0.25, -0.2) is 9.18 Å². The molecule has 0 N–H and O–H groups in total. The summed E-state index contributed by atoms with van der Waals surface area (Å²) in [4.78, 5) is 14.0. The second-order valence-corrected chi connectivity index (χ2v) is 4.56. The van der Waals surface area contributed by atoms with E-state index in [0.29, 0.717) is 11.3 Å². The van der Waals surface area contributed by atoms with Gasteiger partial charge in [0.2, 0.25) is 0 Å². The molecule has 1 aromatic rings. The highest BCUT2D eigenvalue weighted by molar-refractivity contribution is 5.78. The summed E-state index contributed by atoms with van der Waals surface area (Å²) < 4.78 is 23.6. The van der Waals surface area contributed by atoms with Gasteiger partial charge in [-0.1, -0.05) is 0 Å². The molecule has 4 nitrogen and oxygen atoms in total. The maximum atomic E-state index is 13.5. The summed E-state index contributed by atoms with van der Waals surface area (Å²) >= 11 is 0. The van der Waals surface area contributed by atoms with Crippen LogP contribution in [0.2, 0.25) is 0 Å². The van der Waals surface area contributed by atoms with Crippen LogP contribution in [0.15, 0.2) is 18.2 Å². The van der Waals surface area contributed by atoms with E-state index in [1.54, 1.807) is 0 Å². The average molecular weight is 267 g/mol. The second-order valence-electron chi connectivity index (χ2n) is 4.56. The van der Waals surface area contributed by atoms with Crippen molar-refractivity contribution in [1.29, 1.82) is 0 Å². The molecule has 0 aromatic heterocycles. The van der Waals surface area contributed by atoms with Crippen LogP contribution in [0, 0.1) is 5.82 Å². The molecule has 1 unspecified atom stereocenters. The molecule has 0 saturated carbocycles. The van der Waals surface area contributed by atoms with E-state index in [1.807, 2.05) is 4.90 Å². The van der Waals surface area contributed by atoms with E-state index in [1.165, 1.54) is 32.4 Å². The Morgan fingerprint density at radius 3 is 2.58 bits per heavy atom. The number of benzene rings is 1. The lowest BCUT2D eigenvalue weighted by Crippen LogP contribution is -2.33. The molecule has 1 aliphatic rings. The third kappa shape index (κ3) is 2.87. The van der Waals surface area contributed by atoms with Gasteiger partial charge in [0.05, 0.1) is 14.2 Å². The molecule has 1 fully saturated rings. The van der Waals surface area contributed by atoms with Crippen LogP contribution in [-0.2, 0) is 9.53 Å². The monoisotopic (exact) mass is 267 g/mol. The van der Waals surface area contributed by atoms with E-state index in [9.17, 15) is 9.18 Å². The van der Waals surface area contributed by atoms with Gasteiger partial charge in [-0.05, 0) is 44.1 Å². The van der Waals surface area contributed by atoms with Crippen molar-refractivity contribution in [2.45, 2.75) is 18.9 Å². The number of methoxy groups -OCH3 is 2. The molecular weight excluding hydrogens is 249 g/mol. The number of ether oxygens (including phenoxy) is 2. The summed E-state index contributed by atoms with van der Waals surface area (Å²) in [7, 11) is 2.85. The van der Waals surface area contributed by atoms with Gasteiger partial charge < -0.3 is 9.47 Å². The van der Waals surface area contributed by atoms with Gasteiger partial charge >= 0.3 is 5.97 Å². The van der Waals surface area contributed by atoms with Crippen LogP contribution >= 0.6 is 0 Å². The molecule has 1 atom stereocenters. The number of hydrogen-bond donors (Lipinski definition) is 0. The van der Waals surface area contributed by atoms with Gasteiger partial charge in [-0.2, -0.15) is 0 Å². The molecule has 104 valence electrons. The van der Waals surface area contributed by atoms with E-state index in [4.69, 9.17) is 9.47 Å². The molecule has 1 saturated heterocycles. The van der Waals surface area contributed by atoms with Crippen molar-refractivity contribution >= 4 is 5.97 Å². The fourth-order valence-corrected chi connectivity index (χ4v) is 2.50. The lowest BCUT2D eigenvalue weighted by Gasteiger charge is -2.26. The van der Waals surface area contributed by atoms with E-state index in [0.717, 1.165) is 25.9 Å². The highest BCUT2D eigenvalue weighted by atomic mass is 19.1. The summed E-state index contributed by atoms with van der Waals surface area (Å²) in [6.45, 7) is 1.61.